The Morgan fingerprint density at radius 3 is 2.63 bits per heavy atom. The second-order valence-electron chi connectivity index (χ2n) is 8.47. The van der Waals surface area contributed by atoms with Crippen LogP contribution in [-0.4, -0.2) is 27.0 Å². The molecule has 4 aromatic rings. The van der Waals surface area contributed by atoms with Crippen molar-refractivity contribution in [1.82, 2.24) is 9.55 Å². The van der Waals surface area contributed by atoms with E-state index in [1.54, 1.807) is 0 Å². The molecule has 3 aromatic carbocycles. The second-order valence-corrected chi connectivity index (χ2v) is 8.47. The van der Waals surface area contributed by atoms with Gasteiger partial charge >= 0.3 is 12.3 Å². The molecule has 2 N–H and O–H groups in total. The molecule has 0 fully saturated rings. The van der Waals surface area contributed by atoms with Crippen LogP contribution in [0.2, 0.25) is 0 Å². The first-order chi connectivity index (χ1) is 16.8. The van der Waals surface area contributed by atoms with Gasteiger partial charge in [0.25, 0.3) is 0 Å². The van der Waals surface area contributed by atoms with Gasteiger partial charge in [-0.05, 0) is 72.4 Å². The number of hydrogen-bond acceptors (Lipinski definition) is 4. The van der Waals surface area contributed by atoms with E-state index in [9.17, 15) is 18.0 Å². The van der Waals surface area contributed by atoms with Crippen LogP contribution in [0.3, 0.4) is 0 Å². The summed E-state index contributed by atoms with van der Waals surface area (Å²) in [6.07, 6.45) is -2.51. The maximum atomic E-state index is 12.5. The van der Waals surface area contributed by atoms with E-state index in [2.05, 4.69) is 26.8 Å². The van der Waals surface area contributed by atoms with E-state index in [4.69, 9.17) is 10.1 Å². The molecule has 0 bridgehead atoms. The lowest BCUT2D eigenvalue weighted by Crippen LogP contribution is -2.17. The van der Waals surface area contributed by atoms with Crippen LogP contribution in [-0.2, 0) is 17.6 Å². The predicted molar refractivity (Wildman–Crippen MR) is 125 cm³/mol. The number of aromatic nitrogens is 2. The first-order valence-corrected chi connectivity index (χ1v) is 11.2. The molecule has 0 saturated heterocycles. The monoisotopic (exact) mass is 481 g/mol. The van der Waals surface area contributed by atoms with Crippen molar-refractivity contribution >= 4 is 28.6 Å². The molecule has 6 nitrogen and oxygen atoms in total. The van der Waals surface area contributed by atoms with Crippen molar-refractivity contribution in [3.8, 4) is 5.75 Å². The summed E-state index contributed by atoms with van der Waals surface area (Å²) in [5.41, 5.74) is 5.53. The molecule has 180 valence electrons. The number of hydrogen-bond donors (Lipinski definition) is 2. The first-order valence-electron chi connectivity index (χ1n) is 11.2. The molecule has 0 amide bonds. The zero-order chi connectivity index (χ0) is 24.6. The van der Waals surface area contributed by atoms with Crippen molar-refractivity contribution < 1.29 is 27.8 Å². The van der Waals surface area contributed by atoms with Crippen molar-refractivity contribution in [3.05, 3.63) is 83.4 Å². The summed E-state index contributed by atoms with van der Waals surface area (Å²) in [5.74, 6) is -0.607. The fraction of sp³-hybridized carbons (Fsp3) is 0.231. The molecule has 1 aromatic heterocycles. The Kier molecular flexibility index (Phi) is 5.84. The van der Waals surface area contributed by atoms with Crippen LogP contribution >= 0.6 is 0 Å². The normalized spacial score (nSPS) is 15.2. The predicted octanol–water partition coefficient (Wildman–Crippen LogP) is 6.23. The van der Waals surface area contributed by atoms with E-state index in [1.165, 1.54) is 35.4 Å². The number of aryl methyl sites for hydroxylation is 2. The number of benzene rings is 3. The summed E-state index contributed by atoms with van der Waals surface area (Å²) in [4.78, 5) is 15.8. The number of carboxylic acids is 1. The van der Waals surface area contributed by atoms with Gasteiger partial charge in [-0.15, -0.1) is 13.2 Å². The molecule has 1 unspecified atom stereocenters. The number of ether oxygens (including phenoxy) is 1. The van der Waals surface area contributed by atoms with Crippen molar-refractivity contribution in [1.29, 1.82) is 0 Å². The van der Waals surface area contributed by atoms with Crippen molar-refractivity contribution in [2.75, 3.05) is 5.32 Å². The molecule has 1 aliphatic rings. The van der Waals surface area contributed by atoms with Gasteiger partial charge in [0.05, 0.1) is 17.1 Å². The lowest BCUT2D eigenvalue weighted by atomic mass is 10.1. The van der Waals surface area contributed by atoms with Crippen LogP contribution in [0.5, 0.6) is 5.75 Å². The number of halogens is 3. The zero-order valence-electron chi connectivity index (χ0n) is 18.5. The molecule has 1 aliphatic carbocycles. The standard InChI is InChI=1S/C26H22F3N3O3/c27-26(28,29)35-19-10-8-18(9-11-19)30-25-31-21-15-16(6-14-24(33)34)5-12-23(21)32(25)22-13-7-17-3-1-2-4-20(17)22/h1-5,8-12,15,22H,6-7,13-14H2,(H,30,31)(H,33,34). The molecule has 1 heterocycles. The number of carbonyl (C=O) groups is 1. The number of anilines is 2. The molecule has 0 spiro atoms. The number of nitrogens with one attached hydrogen (secondary N) is 1. The maximum Gasteiger partial charge on any atom is 0.573 e. The molecule has 35 heavy (non-hydrogen) atoms. The van der Waals surface area contributed by atoms with Crippen molar-refractivity contribution in [2.24, 2.45) is 0 Å². The van der Waals surface area contributed by atoms with Crippen molar-refractivity contribution in [2.45, 2.75) is 38.1 Å². The third-order valence-corrected chi connectivity index (χ3v) is 6.14. The largest absolute Gasteiger partial charge is 0.573 e. The van der Waals surface area contributed by atoms with Crippen LogP contribution in [0.1, 0.15) is 35.6 Å². The topological polar surface area (TPSA) is 76.4 Å². The average Bonchev–Trinajstić information content (AvgIpc) is 3.38. The molecular weight excluding hydrogens is 459 g/mol. The highest BCUT2D eigenvalue weighted by molar-refractivity contribution is 5.81. The quantitative estimate of drug-likeness (QED) is 0.327. The van der Waals surface area contributed by atoms with Crippen LogP contribution in [0, 0.1) is 0 Å². The summed E-state index contributed by atoms with van der Waals surface area (Å²) in [6.45, 7) is 0. The molecule has 9 heteroatoms. The Labute approximate surface area is 199 Å². The van der Waals surface area contributed by atoms with Gasteiger partial charge in [-0.25, -0.2) is 4.98 Å². The first kappa shape index (κ1) is 22.8. The fourth-order valence-corrected chi connectivity index (χ4v) is 4.63. The van der Waals surface area contributed by atoms with Gasteiger partial charge in [-0.1, -0.05) is 30.3 Å². The Morgan fingerprint density at radius 2 is 1.89 bits per heavy atom. The van der Waals surface area contributed by atoms with Gasteiger partial charge in [0.1, 0.15) is 5.75 Å². The summed E-state index contributed by atoms with van der Waals surface area (Å²) >= 11 is 0. The van der Waals surface area contributed by atoms with Crippen LogP contribution in [0.4, 0.5) is 24.8 Å². The van der Waals surface area contributed by atoms with Crippen LogP contribution in [0.15, 0.2) is 66.7 Å². The van der Waals surface area contributed by atoms with Gasteiger partial charge in [0.2, 0.25) is 5.95 Å². The Hall–Kier alpha value is -4.01. The molecule has 5 rings (SSSR count). The number of carboxylic acid groups (broad SMARTS) is 1. The molecule has 0 radical (unpaired) electrons. The molecule has 1 atom stereocenters. The third-order valence-electron chi connectivity index (χ3n) is 6.14. The van der Waals surface area contributed by atoms with E-state index >= 15 is 0 Å². The lowest BCUT2D eigenvalue weighted by Gasteiger charge is -2.19. The smallest absolute Gasteiger partial charge is 0.481 e. The number of rotatable bonds is 7. The third kappa shape index (κ3) is 4.94. The lowest BCUT2D eigenvalue weighted by molar-refractivity contribution is -0.274. The van der Waals surface area contributed by atoms with Crippen molar-refractivity contribution in [3.63, 3.8) is 0 Å². The summed E-state index contributed by atoms with van der Waals surface area (Å²) < 4.78 is 43.6. The number of fused-ring (bicyclic) bond motifs is 2. The number of aliphatic carboxylic acids is 1. The zero-order valence-corrected chi connectivity index (χ0v) is 18.5. The Morgan fingerprint density at radius 1 is 1.11 bits per heavy atom. The Balaban J connectivity index is 1.52. The minimum atomic E-state index is -4.75. The summed E-state index contributed by atoms with van der Waals surface area (Å²) in [7, 11) is 0. The van der Waals surface area contributed by atoms with Crippen LogP contribution < -0.4 is 10.1 Å². The van der Waals surface area contributed by atoms with Gasteiger partial charge in [0, 0.05) is 12.1 Å². The van der Waals surface area contributed by atoms with E-state index in [0.717, 1.165) is 29.4 Å². The highest BCUT2D eigenvalue weighted by atomic mass is 19.4. The van der Waals surface area contributed by atoms with E-state index < -0.39 is 12.3 Å². The average molecular weight is 481 g/mol. The summed E-state index contributed by atoms with van der Waals surface area (Å²) in [6, 6.07) is 19.5. The molecule has 0 aliphatic heterocycles. The minimum Gasteiger partial charge on any atom is -0.481 e. The highest BCUT2D eigenvalue weighted by Gasteiger charge is 2.31. The van der Waals surface area contributed by atoms with Gasteiger partial charge in [0.15, 0.2) is 0 Å². The summed E-state index contributed by atoms with van der Waals surface area (Å²) in [5, 5.41) is 12.3. The van der Waals surface area contributed by atoms with Gasteiger partial charge in [-0.3, -0.25) is 4.79 Å². The van der Waals surface area contributed by atoms with Gasteiger partial charge in [-0.2, -0.15) is 0 Å². The Bertz CT molecular complexity index is 1380. The SMILES string of the molecule is O=C(O)CCc1ccc2c(c1)nc(Nc1ccc(OC(F)(F)F)cc1)n2C1CCc2ccccc21. The van der Waals surface area contributed by atoms with E-state index in [-0.39, 0.29) is 18.2 Å². The van der Waals surface area contributed by atoms with Gasteiger partial charge < -0.3 is 19.7 Å². The number of alkyl halides is 3. The van der Waals surface area contributed by atoms with E-state index in [0.29, 0.717) is 18.1 Å². The second kappa shape index (κ2) is 8.98. The molecular formula is C26H22F3N3O3. The van der Waals surface area contributed by atoms with E-state index in [1.807, 2.05) is 30.3 Å². The highest BCUT2D eigenvalue weighted by Crippen LogP contribution is 2.39. The van der Waals surface area contributed by atoms with Crippen LogP contribution in [0.25, 0.3) is 11.0 Å². The molecule has 0 saturated carbocycles. The maximum absolute atomic E-state index is 12.5. The fourth-order valence-electron chi connectivity index (χ4n) is 4.63. The number of nitrogens with zero attached hydrogens (tertiary/aromatic N) is 2. The number of imidazole rings is 1. The minimum absolute atomic E-state index is 0.0274.